The zero-order chi connectivity index (χ0) is 18.0. The Bertz CT molecular complexity index is 590. The molecule has 0 unspecified atom stereocenters. The average molecular weight is 367 g/mol. The van der Waals surface area contributed by atoms with Crippen molar-refractivity contribution in [1.29, 1.82) is 0 Å². The largest absolute Gasteiger partial charge is 0.462 e. The van der Waals surface area contributed by atoms with Crippen LogP contribution in [-0.4, -0.2) is 23.2 Å². The highest BCUT2D eigenvalue weighted by molar-refractivity contribution is 6.31. The summed E-state index contributed by atoms with van der Waals surface area (Å²) >= 11 is 6.42. The minimum atomic E-state index is -0.286. The van der Waals surface area contributed by atoms with Crippen LogP contribution in [0, 0.1) is 34.5 Å². The van der Waals surface area contributed by atoms with E-state index in [0.717, 1.165) is 25.7 Å². The van der Waals surface area contributed by atoms with E-state index in [1.165, 1.54) is 26.2 Å². The smallest absolute Gasteiger partial charge is 0.302 e. The Morgan fingerprint density at radius 3 is 2.52 bits per heavy atom. The van der Waals surface area contributed by atoms with Gasteiger partial charge in [0.15, 0.2) is 5.78 Å². The van der Waals surface area contributed by atoms with E-state index < -0.39 is 0 Å². The molecule has 4 fully saturated rings. The number of Topliss-reactive ketones (excluding diaryl/α,β-unsaturated/α-hetero) is 1. The number of hydrogen-bond donors (Lipinski definition) is 0. The van der Waals surface area contributed by atoms with Crippen molar-refractivity contribution in [2.45, 2.75) is 83.6 Å². The lowest BCUT2D eigenvalue weighted by atomic mass is 9.45. The second-order valence-corrected chi connectivity index (χ2v) is 10.2. The predicted octanol–water partition coefficient (Wildman–Crippen LogP) is 4.75. The Balaban J connectivity index is 1.59. The number of alkyl halides is 1. The van der Waals surface area contributed by atoms with Crippen LogP contribution in [0.4, 0.5) is 0 Å². The number of esters is 1. The monoisotopic (exact) mass is 366 g/mol. The third-order valence-electron chi connectivity index (χ3n) is 8.70. The second-order valence-electron chi connectivity index (χ2n) is 9.72. The normalized spacial score (nSPS) is 52.1. The molecular formula is C21H31ClO3. The highest BCUT2D eigenvalue weighted by Crippen LogP contribution is 2.66. The molecule has 0 aromatic heterocycles. The van der Waals surface area contributed by atoms with Crippen LogP contribution in [0.1, 0.15) is 72.1 Å². The molecule has 140 valence electrons. The molecule has 0 aliphatic heterocycles. The number of carbonyl (C=O) groups excluding carboxylic acids is 2. The second kappa shape index (κ2) is 5.97. The van der Waals surface area contributed by atoms with Crippen molar-refractivity contribution in [3.05, 3.63) is 0 Å². The van der Waals surface area contributed by atoms with Crippen LogP contribution in [-0.2, 0) is 14.3 Å². The summed E-state index contributed by atoms with van der Waals surface area (Å²) < 4.78 is 5.72. The fourth-order valence-corrected chi connectivity index (χ4v) is 7.83. The molecule has 0 aromatic rings. The van der Waals surface area contributed by atoms with Gasteiger partial charge in [-0.15, -0.1) is 11.6 Å². The number of carbonyl (C=O) groups is 2. The fourth-order valence-electron chi connectivity index (χ4n) is 7.40. The molecular weight excluding hydrogens is 336 g/mol. The third-order valence-corrected chi connectivity index (χ3v) is 9.10. The van der Waals surface area contributed by atoms with Crippen LogP contribution in [0.5, 0.6) is 0 Å². The quantitative estimate of drug-likeness (QED) is 0.497. The maximum atomic E-state index is 12.2. The first-order chi connectivity index (χ1) is 11.8. The Morgan fingerprint density at radius 1 is 1.08 bits per heavy atom. The summed E-state index contributed by atoms with van der Waals surface area (Å²) in [6.45, 7) is 6.31. The van der Waals surface area contributed by atoms with Gasteiger partial charge >= 0.3 is 5.97 Å². The Kier molecular flexibility index (Phi) is 4.26. The van der Waals surface area contributed by atoms with Crippen molar-refractivity contribution in [3.63, 3.8) is 0 Å². The van der Waals surface area contributed by atoms with E-state index in [0.29, 0.717) is 30.1 Å². The van der Waals surface area contributed by atoms with E-state index in [9.17, 15) is 9.59 Å². The van der Waals surface area contributed by atoms with Gasteiger partial charge in [-0.3, -0.25) is 9.59 Å². The molecule has 0 bridgehead atoms. The molecule has 25 heavy (non-hydrogen) atoms. The molecule has 0 saturated heterocycles. The van der Waals surface area contributed by atoms with E-state index >= 15 is 0 Å². The molecule has 0 amide bonds. The molecule has 4 saturated carbocycles. The van der Waals surface area contributed by atoms with Crippen molar-refractivity contribution in [3.8, 4) is 0 Å². The van der Waals surface area contributed by atoms with Gasteiger partial charge in [-0.25, -0.2) is 0 Å². The molecule has 0 aromatic carbocycles. The van der Waals surface area contributed by atoms with Crippen molar-refractivity contribution >= 4 is 23.4 Å². The summed E-state index contributed by atoms with van der Waals surface area (Å²) in [6.07, 6.45) is 8.56. The minimum absolute atomic E-state index is 0.0928. The molecule has 4 aliphatic rings. The maximum absolute atomic E-state index is 12.2. The average Bonchev–Trinajstić information content (AvgIpc) is 2.85. The van der Waals surface area contributed by atoms with Gasteiger partial charge in [-0.2, -0.15) is 0 Å². The van der Waals surface area contributed by atoms with Gasteiger partial charge in [0.05, 0.1) is 5.38 Å². The highest BCUT2D eigenvalue weighted by Gasteiger charge is 2.61. The molecule has 0 radical (unpaired) electrons. The molecule has 0 N–H and O–H groups in total. The highest BCUT2D eigenvalue weighted by atomic mass is 35.5. The van der Waals surface area contributed by atoms with E-state index in [1.807, 2.05) is 0 Å². The predicted molar refractivity (Wildman–Crippen MR) is 97.3 cm³/mol. The summed E-state index contributed by atoms with van der Waals surface area (Å²) in [4.78, 5) is 23.7. The van der Waals surface area contributed by atoms with Crippen LogP contribution in [0.15, 0.2) is 0 Å². The summed E-state index contributed by atoms with van der Waals surface area (Å²) in [6, 6.07) is 0. The van der Waals surface area contributed by atoms with Crippen molar-refractivity contribution < 1.29 is 14.3 Å². The van der Waals surface area contributed by atoms with Crippen LogP contribution >= 0.6 is 11.6 Å². The molecule has 4 rings (SSSR count). The van der Waals surface area contributed by atoms with Gasteiger partial charge in [-0.05, 0) is 74.0 Å². The first-order valence-electron chi connectivity index (χ1n) is 10.1. The maximum Gasteiger partial charge on any atom is 0.302 e. The Labute approximate surface area is 156 Å². The SMILES string of the molecule is CC(=O)O[C@H]1CC[C@H]2[C@@H]3CC[C@H]4CC(=O)[C@H](Cl)C[C@]4(C)[C@H]3CC[C@]12C. The van der Waals surface area contributed by atoms with Crippen molar-refractivity contribution in [1.82, 2.24) is 0 Å². The molecule has 8 atom stereocenters. The van der Waals surface area contributed by atoms with Gasteiger partial charge < -0.3 is 4.74 Å². The summed E-state index contributed by atoms with van der Waals surface area (Å²) in [5.74, 6) is 2.68. The first kappa shape index (κ1) is 17.8. The lowest BCUT2D eigenvalue weighted by Gasteiger charge is -2.60. The van der Waals surface area contributed by atoms with Crippen LogP contribution in [0.25, 0.3) is 0 Å². The van der Waals surface area contributed by atoms with E-state index in [4.69, 9.17) is 16.3 Å². The van der Waals surface area contributed by atoms with Gasteiger partial charge in [0, 0.05) is 18.8 Å². The zero-order valence-electron chi connectivity index (χ0n) is 15.7. The van der Waals surface area contributed by atoms with E-state index in [1.54, 1.807) is 0 Å². The van der Waals surface area contributed by atoms with Crippen molar-refractivity contribution in [2.24, 2.45) is 34.5 Å². The molecule has 0 spiro atoms. The summed E-state index contributed by atoms with van der Waals surface area (Å²) in [7, 11) is 0. The van der Waals surface area contributed by atoms with Crippen molar-refractivity contribution in [2.75, 3.05) is 0 Å². The first-order valence-corrected chi connectivity index (χ1v) is 10.5. The number of ketones is 1. The third kappa shape index (κ3) is 2.59. The van der Waals surface area contributed by atoms with Crippen LogP contribution in [0.2, 0.25) is 0 Å². The molecule has 4 aliphatic carbocycles. The zero-order valence-corrected chi connectivity index (χ0v) is 16.5. The number of ether oxygens (including phenoxy) is 1. The van der Waals surface area contributed by atoms with Crippen LogP contribution < -0.4 is 0 Å². The van der Waals surface area contributed by atoms with Gasteiger partial charge in [0.2, 0.25) is 0 Å². The molecule has 4 heteroatoms. The number of hydrogen-bond acceptors (Lipinski definition) is 3. The number of halogens is 1. The topological polar surface area (TPSA) is 43.4 Å². The van der Waals surface area contributed by atoms with Gasteiger partial charge in [0.25, 0.3) is 0 Å². The minimum Gasteiger partial charge on any atom is -0.462 e. The fraction of sp³-hybridized carbons (Fsp3) is 0.905. The lowest BCUT2D eigenvalue weighted by Crippen LogP contribution is -2.55. The Morgan fingerprint density at radius 2 is 1.80 bits per heavy atom. The van der Waals surface area contributed by atoms with E-state index in [-0.39, 0.29) is 34.1 Å². The lowest BCUT2D eigenvalue weighted by molar-refractivity contribution is -0.161. The van der Waals surface area contributed by atoms with Gasteiger partial charge in [0.1, 0.15) is 6.10 Å². The number of fused-ring (bicyclic) bond motifs is 5. The van der Waals surface area contributed by atoms with Gasteiger partial charge in [-0.1, -0.05) is 13.8 Å². The summed E-state index contributed by atoms with van der Waals surface area (Å²) in [5.41, 5.74) is 0.352. The van der Waals surface area contributed by atoms with E-state index in [2.05, 4.69) is 13.8 Å². The van der Waals surface area contributed by atoms with Crippen LogP contribution in [0.3, 0.4) is 0 Å². The standard InChI is InChI=1S/C21H31ClO3/c1-12(23)25-19-7-6-15-14-5-4-13-10-18(24)17(22)11-21(13,3)16(14)8-9-20(15,19)2/h13-17,19H,4-11H2,1-3H3/t13-,14-,15-,16-,17+,19-,20-,21-/m0/s1. The Hall–Kier alpha value is -0.570. The summed E-state index contributed by atoms with van der Waals surface area (Å²) in [5, 5.41) is -0.286. The number of rotatable bonds is 1. The molecule has 3 nitrogen and oxygen atoms in total. The molecule has 0 heterocycles.